The molecule has 1 aromatic rings. The first-order chi connectivity index (χ1) is 6.99. The molecule has 0 amide bonds. The topological polar surface area (TPSA) is 38.9 Å². The standard InChI is InChI=1S/C12H20N2S/c1-8(2)10-7-15-11(14-10)12(3,13)6-9-4-5-9/h7-9H,4-6,13H2,1-3H3. The molecule has 0 aliphatic heterocycles. The van der Waals surface area contributed by atoms with E-state index in [-0.39, 0.29) is 5.54 Å². The lowest BCUT2D eigenvalue weighted by molar-refractivity contribution is 0.420. The monoisotopic (exact) mass is 224 g/mol. The summed E-state index contributed by atoms with van der Waals surface area (Å²) >= 11 is 1.72. The molecular formula is C12H20N2S. The lowest BCUT2D eigenvalue weighted by atomic mass is 9.97. The Kier molecular flexibility index (Phi) is 2.86. The van der Waals surface area contributed by atoms with E-state index in [4.69, 9.17) is 5.73 Å². The molecule has 1 heterocycles. The maximum absolute atomic E-state index is 6.34. The summed E-state index contributed by atoms with van der Waals surface area (Å²) in [5.41, 5.74) is 7.31. The number of hydrogen-bond acceptors (Lipinski definition) is 3. The van der Waals surface area contributed by atoms with E-state index in [9.17, 15) is 0 Å². The molecule has 1 atom stereocenters. The normalized spacial score (nSPS) is 20.6. The van der Waals surface area contributed by atoms with Crippen molar-refractivity contribution in [3.05, 3.63) is 16.1 Å². The van der Waals surface area contributed by atoms with Crippen LogP contribution in [0.2, 0.25) is 0 Å². The zero-order valence-corrected chi connectivity index (χ0v) is 10.6. The number of nitrogens with zero attached hydrogens (tertiary/aromatic N) is 1. The van der Waals surface area contributed by atoms with Crippen LogP contribution in [0.25, 0.3) is 0 Å². The molecule has 1 saturated carbocycles. The second kappa shape index (κ2) is 3.87. The average Bonchev–Trinajstić information content (AvgIpc) is 2.80. The molecule has 1 aromatic heterocycles. The van der Waals surface area contributed by atoms with Crippen LogP contribution in [0.1, 0.15) is 56.7 Å². The molecule has 0 radical (unpaired) electrons. The molecule has 0 saturated heterocycles. The molecule has 1 unspecified atom stereocenters. The van der Waals surface area contributed by atoms with Crippen molar-refractivity contribution in [3.63, 3.8) is 0 Å². The van der Waals surface area contributed by atoms with Crippen LogP contribution < -0.4 is 5.73 Å². The third-order valence-corrected chi connectivity index (χ3v) is 4.15. The minimum Gasteiger partial charge on any atom is -0.320 e. The molecule has 1 aliphatic rings. The summed E-state index contributed by atoms with van der Waals surface area (Å²) < 4.78 is 0. The number of aromatic nitrogens is 1. The molecule has 15 heavy (non-hydrogen) atoms. The van der Waals surface area contributed by atoms with Crippen LogP contribution in [0, 0.1) is 5.92 Å². The van der Waals surface area contributed by atoms with Crippen LogP contribution in [0.4, 0.5) is 0 Å². The molecule has 2 nitrogen and oxygen atoms in total. The van der Waals surface area contributed by atoms with Gasteiger partial charge in [0.15, 0.2) is 0 Å². The second-order valence-corrected chi connectivity index (χ2v) is 6.16. The summed E-state index contributed by atoms with van der Waals surface area (Å²) in [6.45, 7) is 6.47. The summed E-state index contributed by atoms with van der Waals surface area (Å²) in [5.74, 6) is 1.36. The summed E-state index contributed by atoms with van der Waals surface area (Å²) in [5, 5.41) is 3.26. The van der Waals surface area contributed by atoms with Gasteiger partial charge in [0.05, 0.1) is 11.2 Å². The van der Waals surface area contributed by atoms with Crippen LogP contribution in [-0.4, -0.2) is 4.98 Å². The summed E-state index contributed by atoms with van der Waals surface area (Å²) in [7, 11) is 0. The molecule has 1 fully saturated rings. The number of nitrogens with two attached hydrogens (primary N) is 1. The molecular weight excluding hydrogens is 204 g/mol. The van der Waals surface area contributed by atoms with E-state index in [0.29, 0.717) is 5.92 Å². The van der Waals surface area contributed by atoms with Crippen molar-refractivity contribution in [2.24, 2.45) is 11.7 Å². The predicted octanol–water partition coefficient (Wildman–Crippen LogP) is 3.24. The first kappa shape index (κ1) is 11.1. The van der Waals surface area contributed by atoms with Crippen LogP contribution >= 0.6 is 11.3 Å². The van der Waals surface area contributed by atoms with E-state index >= 15 is 0 Å². The van der Waals surface area contributed by atoms with E-state index in [1.54, 1.807) is 11.3 Å². The van der Waals surface area contributed by atoms with E-state index in [0.717, 1.165) is 17.3 Å². The Morgan fingerprint density at radius 1 is 1.60 bits per heavy atom. The van der Waals surface area contributed by atoms with Crippen molar-refractivity contribution in [1.29, 1.82) is 0 Å². The Bertz CT molecular complexity index is 337. The van der Waals surface area contributed by atoms with Gasteiger partial charge in [-0.1, -0.05) is 26.7 Å². The van der Waals surface area contributed by atoms with Gasteiger partial charge in [0.1, 0.15) is 5.01 Å². The van der Waals surface area contributed by atoms with Gasteiger partial charge in [-0.15, -0.1) is 11.3 Å². The SMILES string of the molecule is CC(C)c1csc(C(C)(N)CC2CC2)n1. The number of hydrogen-bond donors (Lipinski definition) is 1. The van der Waals surface area contributed by atoms with E-state index in [1.165, 1.54) is 18.5 Å². The van der Waals surface area contributed by atoms with Crippen molar-refractivity contribution < 1.29 is 0 Å². The van der Waals surface area contributed by atoms with Gasteiger partial charge in [0.2, 0.25) is 0 Å². The fraction of sp³-hybridized carbons (Fsp3) is 0.750. The van der Waals surface area contributed by atoms with Gasteiger partial charge in [-0.05, 0) is 25.2 Å². The molecule has 2 rings (SSSR count). The van der Waals surface area contributed by atoms with Gasteiger partial charge in [0, 0.05) is 5.38 Å². The number of thiazole rings is 1. The smallest absolute Gasteiger partial charge is 0.112 e. The first-order valence-corrected chi connectivity index (χ1v) is 6.62. The highest BCUT2D eigenvalue weighted by atomic mass is 32.1. The van der Waals surface area contributed by atoms with Crippen molar-refractivity contribution in [2.75, 3.05) is 0 Å². The minimum absolute atomic E-state index is 0.209. The lowest BCUT2D eigenvalue weighted by Gasteiger charge is -2.21. The van der Waals surface area contributed by atoms with Crippen molar-refractivity contribution in [3.8, 4) is 0 Å². The molecule has 3 heteroatoms. The van der Waals surface area contributed by atoms with Crippen LogP contribution in [0.15, 0.2) is 5.38 Å². The van der Waals surface area contributed by atoms with Gasteiger partial charge in [-0.25, -0.2) is 4.98 Å². The fourth-order valence-electron chi connectivity index (χ4n) is 1.82. The third-order valence-electron chi connectivity index (χ3n) is 3.01. The van der Waals surface area contributed by atoms with Gasteiger partial charge in [-0.2, -0.15) is 0 Å². The fourth-order valence-corrected chi connectivity index (χ4v) is 2.89. The van der Waals surface area contributed by atoms with Crippen LogP contribution in [0.5, 0.6) is 0 Å². The highest BCUT2D eigenvalue weighted by Gasteiger charge is 2.33. The molecule has 2 N–H and O–H groups in total. The average molecular weight is 224 g/mol. The zero-order valence-electron chi connectivity index (χ0n) is 9.79. The van der Waals surface area contributed by atoms with Crippen molar-refractivity contribution in [2.45, 2.75) is 51.5 Å². The molecule has 84 valence electrons. The summed E-state index contributed by atoms with van der Waals surface area (Å²) in [4.78, 5) is 4.66. The van der Waals surface area contributed by atoms with E-state index in [2.05, 4.69) is 31.1 Å². The third kappa shape index (κ3) is 2.58. The Morgan fingerprint density at radius 2 is 2.27 bits per heavy atom. The Labute approximate surface area is 95.9 Å². The van der Waals surface area contributed by atoms with Gasteiger partial charge in [0.25, 0.3) is 0 Å². The second-order valence-electron chi connectivity index (χ2n) is 5.30. The predicted molar refractivity (Wildman–Crippen MR) is 65.1 cm³/mol. The number of rotatable bonds is 4. The van der Waals surface area contributed by atoms with Crippen LogP contribution in [0.3, 0.4) is 0 Å². The summed E-state index contributed by atoms with van der Waals surface area (Å²) in [6, 6.07) is 0. The van der Waals surface area contributed by atoms with Gasteiger partial charge < -0.3 is 5.73 Å². The molecule has 0 spiro atoms. The Hall–Kier alpha value is -0.410. The van der Waals surface area contributed by atoms with Crippen LogP contribution in [-0.2, 0) is 5.54 Å². The maximum Gasteiger partial charge on any atom is 0.112 e. The van der Waals surface area contributed by atoms with Crippen molar-refractivity contribution in [1.82, 2.24) is 4.98 Å². The molecule has 1 aliphatic carbocycles. The molecule has 0 aromatic carbocycles. The lowest BCUT2D eigenvalue weighted by Crippen LogP contribution is -2.33. The van der Waals surface area contributed by atoms with Gasteiger partial charge >= 0.3 is 0 Å². The van der Waals surface area contributed by atoms with Crippen molar-refractivity contribution >= 4 is 11.3 Å². The largest absolute Gasteiger partial charge is 0.320 e. The van der Waals surface area contributed by atoms with Gasteiger partial charge in [-0.3, -0.25) is 0 Å². The quantitative estimate of drug-likeness (QED) is 0.852. The summed E-state index contributed by atoms with van der Waals surface area (Å²) in [6.07, 6.45) is 3.81. The minimum atomic E-state index is -0.209. The Balaban J connectivity index is 2.12. The zero-order chi connectivity index (χ0) is 11.1. The van der Waals surface area contributed by atoms with E-state index < -0.39 is 0 Å². The highest BCUT2D eigenvalue weighted by molar-refractivity contribution is 7.09. The highest BCUT2D eigenvalue weighted by Crippen LogP contribution is 2.40. The molecule has 0 bridgehead atoms. The maximum atomic E-state index is 6.34. The van der Waals surface area contributed by atoms with E-state index in [1.807, 2.05) is 0 Å². The first-order valence-electron chi connectivity index (χ1n) is 5.74. The Morgan fingerprint density at radius 3 is 2.73 bits per heavy atom.